The summed E-state index contributed by atoms with van der Waals surface area (Å²) in [5.41, 5.74) is 0. The number of hydrogen-bond acceptors (Lipinski definition) is 3. The van der Waals surface area contributed by atoms with Gasteiger partial charge in [-0.05, 0) is 64.2 Å². The van der Waals surface area contributed by atoms with E-state index in [2.05, 4.69) is 43.5 Å². The minimum Gasteiger partial charge on any atom is -0.381 e. The minimum absolute atomic E-state index is 0.624. The van der Waals surface area contributed by atoms with E-state index in [1.807, 2.05) is 0 Å². The lowest BCUT2D eigenvalue weighted by molar-refractivity contribution is 0.0482. The molecule has 1 saturated heterocycles. The maximum atomic E-state index is 6.10. The monoisotopic (exact) mass is 632 g/mol. The zero-order valence-corrected chi connectivity index (χ0v) is 30.8. The van der Waals surface area contributed by atoms with Gasteiger partial charge in [-0.3, -0.25) is 0 Å². The van der Waals surface area contributed by atoms with Gasteiger partial charge in [0.1, 0.15) is 0 Å². The Morgan fingerprint density at radius 3 is 1.02 bits per heavy atom. The van der Waals surface area contributed by atoms with Crippen molar-refractivity contribution in [3.63, 3.8) is 0 Å². The maximum absolute atomic E-state index is 6.10. The van der Waals surface area contributed by atoms with Crippen LogP contribution in [0.2, 0.25) is 0 Å². The van der Waals surface area contributed by atoms with Crippen LogP contribution in [0.3, 0.4) is 0 Å². The van der Waals surface area contributed by atoms with Gasteiger partial charge in [-0.25, -0.2) is 0 Å². The molecule has 0 aliphatic carbocycles. The molecule has 1 rings (SSSR count). The van der Waals surface area contributed by atoms with E-state index in [1.165, 1.54) is 180 Å². The van der Waals surface area contributed by atoms with Gasteiger partial charge >= 0.3 is 0 Å². The van der Waals surface area contributed by atoms with Crippen LogP contribution in [0.1, 0.15) is 194 Å². The summed E-state index contributed by atoms with van der Waals surface area (Å²) >= 11 is 0. The van der Waals surface area contributed by atoms with E-state index >= 15 is 0 Å². The Kier molecular flexibility index (Phi) is 34.1. The molecule has 2 unspecified atom stereocenters. The average Bonchev–Trinajstić information content (AvgIpc) is 3.50. The highest BCUT2D eigenvalue weighted by Gasteiger charge is 2.27. The first-order chi connectivity index (χ1) is 22.4. The van der Waals surface area contributed by atoms with Crippen LogP contribution < -0.4 is 5.32 Å². The van der Waals surface area contributed by atoms with Gasteiger partial charge in [0, 0.05) is 38.1 Å². The molecule has 266 valence electrons. The Labute approximate surface area is 283 Å². The lowest BCUT2D eigenvalue weighted by Crippen LogP contribution is -2.23. The molecule has 0 aromatic rings. The van der Waals surface area contributed by atoms with Crippen molar-refractivity contribution in [1.82, 2.24) is 5.32 Å². The van der Waals surface area contributed by atoms with Crippen molar-refractivity contribution < 1.29 is 9.47 Å². The summed E-state index contributed by atoms with van der Waals surface area (Å²) in [7, 11) is 0. The normalized spacial score (nSPS) is 17.0. The SMILES string of the molecule is CCCCCCCC/C=C\CCCCCCCCOCC1CNCC1COCCCCCCCC/C=C\CCCCCCCC. The molecule has 0 spiro atoms. The minimum atomic E-state index is 0.624. The summed E-state index contributed by atoms with van der Waals surface area (Å²) in [6, 6.07) is 0. The molecule has 1 heterocycles. The third-order valence-electron chi connectivity index (χ3n) is 9.74. The van der Waals surface area contributed by atoms with E-state index in [0.29, 0.717) is 11.8 Å². The summed E-state index contributed by atoms with van der Waals surface area (Å²) in [5.74, 6) is 1.25. The van der Waals surface area contributed by atoms with E-state index in [-0.39, 0.29) is 0 Å². The number of ether oxygens (including phenoxy) is 2. The van der Waals surface area contributed by atoms with Crippen LogP contribution in [0, 0.1) is 11.8 Å². The van der Waals surface area contributed by atoms with Crippen molar-refractivity contribution in [2.75, 3.05) is 39.5 Å². The Bertz CT molecular complexity index is 566. The molecule has 1 N–H and O–H groups in total. The highest BCUT2D eigenvalue weighted by Crippen LogP contribution is 2.19. The van der Waals surface area contributed by atoms with Crippen molar-refractivity contribution in [3.8, 4) is 0 Å². The van der Waals surface area contributed by atoms with Gasteiger partial charge in [0.05, 0.1) is 13.2 Å². The molecule has 0 aromatic carbocycles. The Morgan fingerprint density at radius 1 is 0.400 bits per heavy atom. The van der Waals surface area contributed by atoms with Gasteiger partial charge in [0.25, 0.3) is 0 Å². The predicted octanol–water partition coefficient (Wildman–Crippen LogP) is 12.9. The molecule has 1 fully saturated rings. The summed E-state index contributed by atoms with van der Waals surface area (Å²) in [4.78, 5) is 0. The standard InChI is InChI=1S/C42H81NO2/c1-3-5-7-9-11-13-15-17-19-21-23-25-27-29-31-33-35-44-39-41-37-43-38-42(41)40-45-36-34-32-30-28-26-24-22-20-18-16-14-12-10-8-6-4-2/h17-20,41-43H,3-16,21-40H2,1-2H3/b19-17-,20-18-. The van der Waals surface area contributed by atoms with Crippen LogP contribution in [0.15, 0.2) is 24.3 Å². The number of rotatable bonds is 36. The molecule has 0 saturated carbocycles. The molecule has 1 aliphatic heterocycles. The van der Waals surface area contributed by atoms with Crippen LogP contribution in [0.25, 0.3) is 0 Å². The van der Waals surface area contributed by atoms with Crippen LogP contribution in [0.5, 0.6) is 0 Å². The molecule has 3 heteroatoms. The van der Waals surface area contributed by atoms with E-state index < -0.39 is 0 Å². The van der Waals surface area contributed by atoms with E-state index in [0.717, 1.165) is 39.5 Å². The molecule has 45 heavy (non-hydrogen) atoms. The highest BCUT2D eigenvalue weighted by atomic mass is 16.5. The molecule has 3 nitrogen and oxygen atoms in total. The predicted molar refractivity (Wildman–Crippen MR) is 200 cm³/mol. The lowest BCUT2D eigenvalue weighted by atomic mass is 9.98. The second kappa shape index (κ2) is 36.2. The van der Waals surface area contributed by atoms with Crippen molar-refractivity contribution in [2.24, 2.45) is 11.8 Å². The Hall–Kier alpha value is -0.640. The fourth-order valence-electron chi connectivity index (χ4n) is 6.55. The van der Waals surface area contributed by atoms with E-state index in [9.17, 15) is 0 Å². The van der Waals surface area contributed by atoms with E-state index in [1.54, 1.807) is 0 Å². The first-order valence-electron chi connectivity index (χ1n) is 20.5. The Balaban J connectivity index is 1.80. The van der Waals surface area contributed by atoms with Gasteiger partial charge in [0.2, 0.25) is 0 Å². The molecule has 1 aliphatic rings. The topological polar surface area (TPSA) is 30.5 Å². The molecule has 0 radical (unpaired) electrons. The van der Waals surface area contributed by atoms with Crippen LogP contribution >= 0.6 is 0 Å². The highest BCUT2D eigenvalue weighted by molar-refractivity contribution is 4.82. The van der Waals surface area contributed by atoms with Crippen molar-refractivity contribution >= 4 is 0 Å². The van der Waals surface area contributed by atoms with Crippen molar-refractivity contribution in [1.29, 1.82) is 0 Å². The molecule has 0 aromatic heterocycles. The van der Waals surface area contributed by atoms with Gasteiger partial charge in [0.15, 0.2) is 0 Å². The second-order valence-corrected chi connectivity index (χ2v) is 14.2. The first-order valence-corrected chi connectivity index (χ1v) is 20.5. The number of allylic oxidation sites excluding steroid dienone is 4. The average molecular weight is 632 g/mol. The fourth-order valence-corrected chi connectivity index (χ4v) is 6.55. The summed E-state index contributed by atoms with van der Waals surface area (Å²) < 4.78 is 12.2. The summed E-state index contributed by atoms with van der Waals surface area (Å²) in [6.45, 7) is 10.4. The maximum Gasteiger partial charge on any atom is 0.0510 e. The molecular weight excluding hydrogens is 550 g/mol. The number of unbranched alkanes of at least 4 members (excludes halogenated alkanes) is 24. The third kappa shape index (κ3) is 30.4. The van der Waals surface area contributed by atoms with Gasteiger partial charge in [-0.1, -0.05) is 154 Å². The number of hydrogen-bond donors (Lipinski definition) is 1. The van der Waals surface area contributed by atoms with Gasteiger partial charge < -0.3 is 14.8 Å². The summed E-state index contributed by atoms with van der Waals surface area (Å²) in [6.07, 6.45) is 47.7. The van der Waals surface area contributed by atoms with Gasteiger partial charge in [-0.15, -0.1) is 0 Å². The van der Waals surface area contributed by atoms with Crippen LogP contribution in [0.4, 0.5) is 0 Å². The van der Waals surface area contributed by atoms with Crippen LogP contribution in [-0.2, 0) is 9.47 Å². The second-order valence-electron chi connectivity index (χ2n) is 14.2. The molecular formula is C42H81NO2. The number of nitrogens with one attached hydrogen (secondary N) is 1. The molecule has 2 atom stereocenters. The Morgan fingerprint density at radius 2 is 0.689 bits per heavy atom. The quantitative estimate of drug-likeness (QED) is 0.0551. The molecule has 0 amide bonds. The van der Waals surface area contributed by atoms with Crippen LogP contribution in [-0.4, -0.2) is 39.5 Å². The zero-order chi connectivity index (χ0) is 32.1. The zero-order valence-electron chi connectivity index (χ0n) is 30.8. The largest absolute Gasteiger partial charge is 0.381 e. The smallest absolute Gasteiger partial charge is 0.0510 e. The van der Waals surface area contributed by atoms with Gasteiger partial charge in [-0.2, -0.15) is 0 Å². The third-order valence-corrected chi connectivity index (χ3v) is 9.74. The van der Waals surface area contributed by atoms with Crippen molar-refractivity contribution in [2.45, 2.75) is 194 Å². The van der Waals surface area contributed by atoms with Crippen molar-refractivity contribution in [3.05, 3.63) is 24.3 Å². The fraction of sp³-hybridized carbons (Fsp3) is 0.905. The van der Waals surface area contributed by atoms with E-state index in [4.69, 9.17) is 9.47 Å². The first kappa shape index (κ1) is 42.4. The lowest BCUT2D eigenvalue weighted by Gasteiger charge is -2.18. The molecule has 0 bridgehead atoms. The summed E-state index contributed by atoms with van der Waals surface area (Å²) in [5, 5.41) is 3.57.